The normalized spacial score (nSPS) is 18.0. The number of aliphatic hydroxyl groups is 1. The number of hydrogen-bond donors (Lipinski definition) is 2. The van der Waals surface area contributed by atoms with Gasteiger partial charge in [0.2, 0.25) is 0 Å². The molecule has 20 heavy (non-hydrogen) atoms. The van der Waals surface area contributed by atoms with E-state index in [1.165, 1.54) is 6.07 Å². The number of halogens is 1. The fraction of sp³-hybridized carbons (Fsp3) is 0.333. The highest BCUT2D eigenvalue weighted by Gasteiger charge is 2.21. The maximum atomic E-state index is 13.4. The summed E-state index contributed by atoms with van der Waals surface area (Å²) in [6.45, 7) is 0.486. The minimum atomic E-state index is -0.196. The predicted octanol–water partition coefficient (Wildman–Crippen LogP) is 3.24. The van der Waals surface area contributed by atoms with Crippen LogP contribution in [0.25, 0.3) is 0 Å². The van der Waals surface area contributed by atoms with Crippen LogP contribution in [0, 0.1) is 5.82 Å². The average molecular weight is 293 g/mol. The molecule has 1 aromatic heterocycles. The third-order valence-electron chi connectivity index (χ3n) is 3.41. The van der Waals surface area contributed by atoms with Crippen molar-refractivity contribution in [1.82, 2.24) is 5.32 Å². The highest BCUT2D eigenvalue weighted by molar-refractivity contribution is 7.99. The van der Waals surface area contributed by atoms with Crippen molar-refractivity contribution in [2.45, 2.75) is 30.5 Å². The molecule has 0 radical (unpaired) electrons. The molecule has 0 spiro atoms. The van der Waals surface area contributed by atoms with Crippen molar-refractivity contribution in [3.05, 3.63) is 53.2 Å². The topological polar surface area (TPSA) is 45.4 Å². The van der Waals surface area contributed by atoms with Gasteiger partial charge in [-0.15, -0.1) is 11.8 Å². The van der Waals surface area contributed by atoms with Crippen molar-refractivity contribution in [2.24, 2.45) is 0 Å². The van der Waals surface area contributed by atoms with E-state index in [4.69, 9.17) is 9.52 Å². The SMILES string of the molecule is OCc1ccc(CNC2CCSc3ccc(F)cc32)o1. The quantitative estimate of drug-likeness (QED) is 0.908. The molecule has 3 rings (SSSR count). The van der Waals surface area contributed by atoms with E-state index in [0.717, 1.165) is 28.4 Å². The van der Waals surface area contributed by atoms with Crippen LogP contribution in [0.15, 0.2) is 39.6 Å². The fourth-order valence-corrected chi connectivity index (χ4v) is 3.51. The molecule has 0 saturated heterocycles. The molecule has 1 aliphatic rings. The van der Waals surface area contributed by atoms with Crippen molar-refractivity contribution in [1.29, 1.82) is 0 Å². The highest BCUT2D eigenvalue weighted by atomic mass is 32.2. The summed E-state index contributed by atoms with van der Waals surface area (Å²) in [5.41, 5.74) is 1.02. The Morgan fingerprint density at radius 2 is 2.15 bits per heavy atom. The first kappa shape index (κ1) is 13.7. The molecular weight excluding hydrogens is 277 g/mol. The van der Waals surface area contributed by atoms with Gasteiger partial charge in [-0.1, -0.05) is 0 Å². The summed E-state index contributed by atoms with van der Waals surface area (Å²) < 4.78 is 18.8. The van der Waals surface area contributed by atoms with Crippen LogP contribution in [0.5, 0.6) is 0 Å². The van der Waals surface area contributed by atoms with Crippen molar-refractivity contribution in [3.8, 4) is 0 Å². The maximum absolute atomic E-state index is 13.4. The average Bonchev–Trinajstić information content (AvgIpc) is 2.93. The lowest BCUT2D eigenvalue weighted by Crippen LogP contribution is -2.24. The molecule has 0 bridgehead atoms. The van der Waals surface area contributed by atoms with Gasteiger partial charge < -0.3 is 14.8 Å². The van der Waals surface area contributed by atoms with Gasteiger partial charge in [-0.3, -0.25) is 0 Å². The van der Waals surface area contributed by atoms with Crippen LogP contribution in [0.2, 0.25) is 0 Å². The molecule has 2 N–H and O–H groups in total. The second-order valence-electron chi connectivity index (χ2n) is 4.78. The van der Waals surface area contributed by atoms with E-state index in [1.54, 1.807) is 23.9 Å². The minimum Gasteiger partial charge on any atom is -0.462 e. The van der Waals surface area contributed by atoms with Gasteiger partial charge in [0.1, 0.15) is 23.9 Å². The van der Waals surface area contributed by atoms with E-state index in [-0.39, 0.29) is 18.5 Å². The molecule has 3 nitrogen and oxygen atoms in total. The Balaban J connectivity index is 1.71. The fourth-order valence-electron chi connectivity index (χ4n) is 2.40. The molecule has 1 aliphatic heterocycles. The first-order valence-electron chi connectivity index (χ1n) is 6.60. The highest BCUT2D eigenvalue weighted by Crippen LogP contribution is 2.36. The number of thioether (sulfide) groups is 1. The number of furan rings is 1. The van der Waals surface area contributed by atoms with E-state index >= 15 is 0 Å². The van der Waals surface area contributed by atoms with Gasteiger partial charge in [-0.25, -0.2) is 4.39 Å². The van der Waals surface area contributed by atoms with Gasteiger partial charge in [0.25, 0.3) is 0 Å². The van der Waals surface area contributed by atoms with Crippen LogP contribution in [-0.4, -0.2) is 10.9 Å². The summed E-state index contributed by atoms with van der Waals surface area (Å²) >= 11 is 1.77. The number of nitrogens with one attached hydrogen (secondary N) is 1. The molecule has 0 fully saturated rings. The van der Waals surface area contributed by atoms with Gasteiger partial charge >= 0.3 is 0 Å². The second-order valence-corrected chi connectivity index (χ2v) is 5.92. The molecule has 0 saturated carbocycles. The first-order chi connectivity index (χ1) is 9.76. The summed E-state index contributed by atoms with van der Waals surface area (Å²) in [5.74, 6) is 2.17. The molecule has 106 valence electrons. The lowest BCUT2D eigenvalue weighted by Gasteiger charge is -2.25. The van der Waals surface area contributed by atoms with E-state index in [0.29, 0.717) is 12.3 Å². The van der Waals surface area contributed by atoms with Crippen LogP contribution in [0.4, 0.5) is 4.39 Å². The van der Waals surface area contributed by atoms with Crippen molar-refractivity contribution < 1.29 is 13.9 Å². The zero-order valence-corrected chi connectivity index (χ0v) is 11.8. The first-order valence-corrected chi connectivity index (χ1v) is 7.59. The Hall–Kier alpha value is -1.30. The minimum absolute atomic E-state index is 0.0892. The summed E-state index contributed by atoms with van der Waals surface area (Å²) in [7, 11) is 0. The third-order valence-corrected chi connectivity index (χ3v) is 4.53. The van der Waals surface area contributed by atoms with Gasteiger partial charge in [-0.2, -0.15) is 0 Å². The lowest BCUT2D eigenvalue weighted by atomic mass is 10.0. The Morgan fingerprint density at radius 1 is 1.30 bits per heavy atom. The molecular formula is C15H16FNO2S. The Morgan fingerprint density at radius 3 is 2.95 bits per heavy atom. The maximum Gasteiger partial charge on any atom is 0.129 e. The Kier molecular flexibility index (Phi) is 4.10. The van der Waals surface area contributed by atoms with E-state index in [9.17, 15) is 4.39 Å². The van der Waals surface area contributed by atoms with Crippen molar-refractivity contribution >= 4 is 11.8 Å². The zero-order chi connectivity index (χ0) is 13.9. The van der Waals surface area contributed by atoms with Crippen LogP contribution in [-0.2, 0) is 13.2 Å². The molecule has 1 atom stereocenters. The largest absolute Gasteiger partial charge is 0.462 e. The third kappa shape index (κ3) is 2.90. The van der Waals surface area contributed by atoms with Crippen LogP contribution >= 0.6 is 11.8 Å². The molecule has 1 aromatic carbocycles. The summed E-state index contributed by atoms with van der Waals surface area (Å²) in [6.07, 6.45) is 0.967. The molecule has 2 aromatic rings. The number of aliphatic hydroxyl groups excluding tert-OH is 1. The number of hydrogen-bond acceptors (Lipinski definition) is 4. The van der Waals surface area contributed by atoms with E-state index < -0.39 is 0 Å². The number of benzene rings is 1. The predicted molar refractivity (Wildman–Crippen MR) is 76.0 cm³/mol. The zero-order valence-electron chi connectivity index (χ0n) is 10.9. The standard InChI is InChI=1S/C15H16FNO2S/c16-10-1-4-15-13(7-10)14(5-6-20-15)17-8-11-2-3-12(9-18)19-11/h1-4,7,14,17-18H,5-6,8-9H2. The number of rotatable bonds is 4. The van der Waals surface area contributed by atoms with Crippen LogP contribution in [0.1, 0.15) is 29.5 Å². The van der Waals surface area contributed by atoms with Gasteiger partial charge in [0.05, 0.1) is 6.54 Å². The van der Waals surface area contributed by atoms with E-state index in [1.807, 2.05) is 12.1 Å². The summed E-state index contributed by atoms with van der Waals surface area (Å²) in [5, 5.41) is 12.4. The summed E-state index contributed by atoms with van der Waals surface area (Å²) in [4.78, 5) is 1.14. The Bertz CT molecular complexity index is 599. The molecule has 1 unspecified atom stereocenters. The van der Waals surface area contributed by atoms with Crippen LogP contribution < -0.4 is 5.32 Å². The Labute approximate surface area is 121 Å². The van der Waals surface area contributed by atoms with Crippen LogP contribution in [0.3, 0.4) is 0 Å². The molecule has 0 amide bonds. The van der Waals surface area contributed by atoms with E-state index in [2.05, 4.69) is 5.32 Å². The van der Waals surface area contributed by atoms with Gasteiger partial charge in [0, 0.05) is 10.9 Å². The van der Waals surface area contributed by atoms with Gasteiger partial charge in [-0.05, 0) is 48.1 Å². The molecule has 0 aliphatic carbocycles. The number of fused-ring (bicyclic) bond motifs is 1. The van der Waals surface area contributed by atoms with Crippen molar-refractivity contribution in [2.75, 3.05) is 5.75 Å². The van der Waals surface area contributed by atoms with Gasteiger partial charge in [0.15, 0.2) is 0 Å². The summed E-state index contributed by atoms with van der Waals surface area (Å²) in [6, 6.07) is 8.73. The monoisotopic (exact) mass is 293 g/mol. The molecule has 2 heterocycles. The lowest BCUT2D eigenvalue weighted by molar-refractivity contribution is 0.242. The smallest absolute Gasteiger partial charge is 0.129 e. The second kappa shape index (κ2) is 5.99. The van der Waals surface area contributed by atoms with Crippen molar-refractivity contribution in [3.63, 3.8) is 0 Å². The molecule has 5 heteroatoms.